The van der Waals surface area contributed by atoms with E-state index >= 15 is 0 Å². The minimum absolute atomic E-state index is 0. The van der Waals surface area contributed by atoms with Gasteiger partial charge in [-0.15, -0.1) is 12.4 Å². The van der Waals surface area contributed by atoms with Gasteiger partial charge in [-0.25, -0.2) is 0 Å². The molecule has 1 aliphatic heterocycles. The predicted molar refractivity (Wildman–Crippen MR) is 112 cm³/mol. The molecule has 1 saturated heterocycles. The van der Waals surface area contributed by atoms with Crippen molar-refractivity contribution in [1.82, 2.24) is 5.32 Å². The number of para-hydroxylation sites is 1. The van der Waals surface area contributed by atoms with Crippen LogP contribution in [0, 0.1) is 5.92 Å². The number of rotatable bonds is 6. The van der Waals surface area contributed by atoms with Crippen molar-refractivity contribution in [2.75, 3.05) is 23.3 Å². The lowest BCUT2D eigenvalue weighted by Gasteiger charge is -2.17. The molecule has 1 atom stereocenters. The molecule has 2 N–H and O–H groups in total. The number of hydrogen-bond acceptors (Lipinski definition) is 3. The molecule has 1 aliphatic rings. The van der Waals surface area contributed by atoms with E-state index in [-0.39, 0.29) is 24.2 Å². The highest BCUT2D eigenvalue weighted by atomic mass is 35.5. The van der Waals surface area contributed by atoms with Gasteiger partial charge < -0.3 is 15.5 Å². The van der Waals surface area contributed by atoms with Gasteiger partial charge in [0.25, 0.3) is 0 Å². The van der Waals surface area contributed by atoms with Gasteiger partial charge in [-0.3, -0.25) is 9.59 Å². The minimum atomic E-state index is -0.679. The molecule has 144 valence electrons. The van der Waals surface area contributed by atoms with Gasteiger partial charge in [-0.05, 0) is 42.8 Å². The Bertz CT molecular complexity index is 813. The van der Waals surface area contributed by atoms with Crippen LogP contribution >= 0.6 is 24.0 Å². The average molecular weight is 408 g/mol. The molecule has 2 aromatic carbocycles. The predicted octanol–water partition coefficient (Wildman–Crippen LogP) is 3.86. The summed E-state index contributed by atoms with van der Waals surface area (Å²) in [5, 5.41) is 6.74. The van der Waals surface area contributed by atoms with Crippen LogP contribution in [0.4, 0.5) is 11.4 Å². The van der Waals surface area contributed by atoms with Crippen molar-refractivity contribution >= 4 is 47.2 Å². The quantitative estimate of drug-likeness (QED) is 0.714. The van der Waals surface area contributed by atoms with E-state index < -0.39 is 5.92 Å². The molecule has 0 saturated carbocycles. The lowest BCUT2D eigenvalue weighted by atomic mass is 10.1. The molecule has 7 heteroatoms. The fourth-order valence-electron chi connectivity index (χ4n) is 3.10. The summed E-state index contributed by atoms with van der Waals surface area (Å²) in [6, 6.07) is 14.8. The summed E-state index contributed by atoms with van der Waals surface area (Å²) in [7, 11) is 0. The van der Waals surface area contributed by atoms with E-state index in [1.807, 2.05) is 37.3 Å². The highest BCUT2D eigenvalue weighted by Crippen LogP contribution is 2.28. The van der Waals surface area contributed by atoms with Crippen LogP contribution < -0.4 is 15.5 Å². The van der Waals surface area contributed by atoms with Crippen LogP contribution in [-0.4, -0.2) is 24.9 Å². The van der Waals surface area contributed by atoms with Crippen LogP contribution in [0.5, 0.6) is 0 Å². The molecule has 0 radical (unpaired) electrons. The average Bonchev–Trinajstić information content (AvgIpc) is 3.02. The van der Waals surface area contributed by atoms with Crippen molar-refractivity contribution in [1.29, 1.82) is 0 Å². The standard InChI is InChI=1S/C20H22ClN3O2.ClH/c1-2-22-13-14-6-3-4-9-18(14)23-19(25)17-10-11-24(20(17)26)16-8-5-7-15(21)12-16;/h3-9,12,17,22H,2,10-11,13H2,1H3,(H,23,25);1H. The number of carbonyl (C=O) groups is 2. The molecule has 0 bridgehead atoms. The summed E-state index contributed by atoms with van der Waals surface area (Å²) in [5.74, 6) is -1.13. The zero-order chi connectivity index (χ0) is 18.5. The summed E-state index contributed by atoms with van der Waals surface area (Å²) < 4.78 is 0. The number of hydrogen-bond donors (Lipinski definition) is 2. The SMILES string of the molecule is CCNCc1ccccc1NC(=O)C1CCN(c2cccc(Cl)c2)C1=O.Cl. The summed E-state index contributed by atoms with van der Waals surface area (Å²) >= 11 is 6.01. The molecule has 1 heterocycles. The monoisotopic (exact) mass is 407 g/mol. The normalized spacial score (nSPS) is 16.1. The highest BCUT2D eigenvalue weighted by molar-refractivity contribution is 6.31. The Morgan fingerprint density at radius 1 is 1.22 bits per heavy atom. The van der Waals surface area contributed by atoms with E-state index in [9.17, 15) is 9.59 Å². The zero-order valence-electron chi connectivity index (χ0n) is 15.1. The number of nitrogens with zero attached hydrogens (tertiary/aromatic N) is 1. The molecule has 2 aromatic rings. The smallest absolute Gasteiger partial charge is 0.239 e. The summed E-state index contributed by atoms with van der Waals surface area (Å²) in [6.07, 6.45) is 0.493. The van der Waals surface area contributed by atoms with Crippen LogP contribution in [-0.2, 0) is 16.1 Å². The second-order valence-corrected chi connectivity index (χ2v) is 6.67. The van der Waals surface area contributed by atoms with E-state index in [2.05, 4.69) is 10.6 Å². The molecule has 3 rings (SSSR count). The first kappa shape index (κ1) is 21.2. The van der Waals surface area contributed by atoms with E-state index in [0.717, 1.165) is 23.5 Å². The van der Waals surface area contributed by atoms with Gasteiger partial charge in [0, 0.05) is 29.5 Å². The maximum absolute atomic E-state index is 12.7. The number of amides is 2. The number of halogens is 2. The summed E-state index contributed by atoms with van der Waals surface area (Å²) in [6.45, 7) is 4.05. The number of carbonyl (C=O) groups excluding carboxylic acids is 2. The Hall–Kier alpha value is -2.08. The van der Waals surface area contributed by atoms with Crippen molar-refractivity contribution in [3.8, 4) is 0 Å². The minimum Gasteiger partial charge on any atom is -0.325 e. The van der Waals surface area contributed by atoms with E-state index in [1.54, 1.807) is 23.1 Å². The van der Waals surface area contributed by atoms with Gasteiger partial charge in [0.15, 0.2) is 0 Å². The molecule has 5 nitrogen and oxygen atoms in total. The molecular weight excluding hydrogens is 385 g/mol. The van der Waals surface area contributed by atoms with E-state index in [0.29, 0.717) is 24.5 Å². The fourth-order valence-corrected chi connectivity index (χ4v) is 3.28. The zero-order valence-corrected chi connectivity index (χ0v) is 16.6. The van der Waals surface area contributed by atoms with Crippen LogP contribution in [0.1, 0.15) is 18.9 Å². The van der Waals surface area contributed by atoms with Gasteiger partial charge in [0.05, 0.1) is 0 Å². The number of nitrogens with one attached hydrogen (secondary N) is 2. The van der Waals surface area contributed by atoms with E-state index in [4.69, 9.17) is 11.6 Å². The Kier molecular flexibility index (Phi) is 7.66. The second-order valence-electron chi connectivity index (χ2n) is 6.24. The highest BCUT2D eigenvalue weighted by Gasteiger charge is 2.37. The maximum Gasteiger partial charge on any atom is 0.239 e. The lowest BCUT2D eigenvalue weighted by molar-refractivity contribution is -0.129. The van der Waals surface area contributed by atoms with Gasteiger partial charge in [0.2, 0.25) is 11.8 Å². The molecule has 1 unspecified atom stereocenters. The fraction of sp³-hybridized carbons (Fsp3) is 0.300. The van der Waals surface area contributed by atoms with E-state index in [1.165, 1.54) is 0 Å². The van der Waals surface area contributed by atoms with Crippen LogP contribution in [0.3, 0.4) is 0 Å². The lowest BCUT2D eigenvalue weighted by Crippen LogP contribution is -2.33. The largest absolute Gasteiger partial charge is 0.325 e. The Morgan fingerprint density at radius 3 is 2.74 bits per heavy atom. The van der Waals surface area contributed by atoms with Gasteiger partial charge in [-0.2, -0.15) is 0 Å². The Balaban J connectivity index is 0.00000261. The third kappa shape index (κ3) is 5.01. The summed E-state index contributed by atoms with van der Waals surface area (Å²) in [5.41, 5.74) is 2.47. The van der Waals surface area contributed by atoms with Crippen LogP contribution in [0.25, 0.3) is 0 Å². The third-order valence-corrected chi connectivity index (χ3v) is 4.72. The summed E-state index contributed by atoms with van der Waals surface area (Å²) in [4.78, 5) is 27.0. The van der Waals surface area contributed by atoms with Crippen LogP contribution in [0.2, 0.25) is 5.02 Å². The Labute approximate surface area is 170 Å². The second kappa shape index (κ2) is 9.74. The van der Waals surface area contributed by atoms with Crippen molar-refractivity contribution < 1.29 is 9.59 Å². The molecule has 0 aliphatic carbocycles. The molecule has 0 aromatic heterocycles. The van der Waals surface area contributed by atoms with Crippen molar-refractivity contribution in [3.63, 3.8) is 0 Å². The Morgan fingerprint density at radius 2 is 2.00 bits per heavy atom. The topological polar surface area (TPSA) is 61.4 Å². The first-order valence-corrected chi connectivity index (χ1v) is 9.14. The molecule has 27 heavy (non-hydrogen) atoms. The molecule has 2 amide bonds. The first-order chi connectivity index (χ1) is 12.6. The van der Waals surface area contributed by atoms with Crippen molar-refractivity contribution in [2.24, 2.45) is 5.92 Å². The number of benzene rings is 2. The van der Waals surface area contributed by atoms with Crippen molar-refractivity contribution in [3.05, 3.63) is 59.1 Å². The molecule has 1 fully saturated rings. The maximum atomic E-state index is 12.7. The van der Waals surface area contributed by atoms with Crippen molar-refractivity contribution in [2.45, 2.75) is 19.9 Å². The van der Waals surface area contributed by atoms with Gasteiger partial charge >= 0.3 is 0 Å². The van der Waals surface area contributed by atoms with Crippen LogP contribution in [0.15, 0.2) is 48.5 Å². The first-order valence-electron chi connectivity index (χ1n) is 8.76. The molecule has 0 spiro atoms. The third-order valence-electron chi connectivity index (χ3n) is 4.48. The van der Waals surface area contributed by atoms with Gasteiger partial charge in [0.1, 0.15) is 5.92 Å². The number of anilines is 2. The molecular formula is C20H23Cl2N3O2. The van der Waals surface area contributed by atoms with Gasteiger partial charge in [-0.1, -0.05) is 42.8 Å².